The lowest BCUT2D eigenvalue weighted by Gasteiger charge is -2.10. The summed E-state index contributed by atoms with van der Waals surface area (Å²) in [6.45, 7) is 2.09. The average molecular weight is 406 g/mol. The summed E-state index contributed by atoms with van der Waals surface area (Å²) in [5.41, 5.74) is 1.78. The molecule has 3 aromatic carbocycles. The maximum atomic E-state index is 12.6. The maximum absolute atomic E-state index is 12.6. The summed E-state index contributed by atoms with van der Waals surface area (Å²) in [5, 5.41) is 0.804. The first-order valence-corrected chi connectivity index (χ1v) is 10.5. The van der Waals surface area contributed by atoms with E-state index in [2.05, 4.69) is 0 Å². The summed E-state index contributed by atoms with van der Waals surface area (Å²) >= 11 is 0. The van der Waals surface area contributed by atoms with Crippen LogP contribution in [0.4, 0.5) is 0 Å². The molecule has 5 nitrogen and oxygen atoms in total. The third-order valence-corrected chi connectivity index (χ3v) is 6.35. The van der Waals surface area contributed by atoms with E-state index in [0.29, 0.717) is 16.9 Å². The Hall–Kier alpha value is -3.38. The first-order chi connectivity index (χ1) is 13.9. The van der Waals surface area contributed by atoms with Crippen LogP contribution >= 0.6 is 0 Å². The van der Waals surface area contributed by atoms with Crippen LogP contribution in [-0.4, -0.2) is 8.42 Å². The minimum Gasteiger partial charge on any atom is -0.489 e. The molecule has 0 unspecified atom stereocenters. The number of fused-ring (bicyclic) bond motifs is 1. The lowest BCUT2D eigenvalue weighted by Crippen LogP contribution is -2.05. The van der Waals surface area contributed by atoms with Gasteiger partial charge in [-0.1, -0.05) is 30.3 Å². The Bertz CT molecular complexity index is 1320. The van der Waals surface area contributed by atoms with Crippen molar-refractivity contribution < 1.29 is 17.6 Å². The summed E-state index contributed by atoms with van der Waals surface area (Å²) in [7, 11) is -3.57. The number of rotatable bonds is 5. The molecule has 1 heterocycles. The summed E-state index contributed by atoms with van der Waals surface area (Å²) in [5.74, 6) is 0.505. The maximum Gasteiger partial charge on any atom is 0.336 e. The van der Waals surface area contributed by atoms with Gasteiger partial charge < -0.3 is 9.15 Å². The number of hydrogen-bond acceptors (Lipinski definition) is 5. The minimum absolute atomic E-state index is 0.163. The largest absolute Gasteiger partial charge is 0.489 e. The van der Waals surface area contributed by atoms with E-state index < -0.39 is 15.5 Å². The highest BCUT2D eigenvalue weighted by Gasteiger charge is 2.17. The Morgan fingerprint density at radius 1 is 0.862 bits per heavy atom. The SMILES string of the molecule is Cc1ccc2c(COc3ccc(S(=O)(=O)c4ccccc4)cc3)cc(=O)oc2c1. The fourth-order valence-corrected chi connectivity index (χ4v) is 4.35. The van der Waals surface area contributed by atoms with E-state index in [1.54, 1.807) is 42.5 Å². The van der Waals surface area contributed by atoms with E-state index in [4.69, 9.17) is 9.15 Å². The van der Waals surface area contributed by atoms with E-state index in [0.717, 1.165) is 10.9 Å². The van der Waals surface area contributed by atoms with Gasteiger partial charge in [-0.15, -0.1) is 0 Å². The smallest absolute Gasteiger partial charge is 0.336 e. The molecule has 0 saturated heterocycles. The van der Waals surface area contributed by atoms with E-state index in [-0.39, 0.29) is 16.4 Å². The zero-order valence-corrected chi connectivity index (χ0v) is 16.5. The lowest BCUT2D eigenvalue weighted by atomic mass is 10.1. The Morgan fingerprint density at radius 2 is 1.55 bits per heavy atom. The van der Waals surface area contributed by atoms with E-state index in [1.807, 2.05) is 25.1 Å². The third kappa shape index (κ3) is 3.93. The normalized spacial score (nSPS) is 11.5. The zero-order valence-electron chi connectivity index (χ0n) is 15.7. The summed E-state index contributed by atoms with van der Waals surface area (Å²) in [6, 6.07) is 21.6. The van der Waals surface area contributed by atoms with Gasteiger partial charge in [-0.2, -0.15) is 0 Å². The second-order valence-electron chi connectivity index (χ2n) is 6.67. The molecule has 0 fully saturated rings. The van der Waals surface area contributed by atoms with E-state index >= 15 is 0 Å². The molecule has 29 heavy (non-hydrogen) atoms. The van der Waals surface area contributed by atoms with Crippen molar-refractivity contribution in [1.29, 1.82) is 0 Å². The molecular formula is C23H18O5S. The van der Waals surface area contributed by atoms with Gasteiger partial charge in [0, 0.05) is 17.0 Å². The van der Waals surface area contributed by atoms with Crippen LogP contribution in [0.25, 0.3) is 11.0 Å². The number of hydrogen-bond donors (Lipinski definition) is 0. The van der Waals surface area contributed by atoms with Crippen molar-refractivity contribution in [2.75, 3.05) is 0 Å². The minimum atomic E-state index is -3.57. The van der Waals surface area contributed by atoms with Crippen molar-refractivity contribution in [3.8, 4) is 5.75 Å². The highest BCUT2D eigenvalue weighted by Crippen LogP contribution is 2.24. The van der Waals surface area contributed by atoms with Gasteiger partial charge in [0.2, 0.25) is 9.84 Å². The van der Waals surface area contributed by atoms with Gasteiger partial charge in [0.25, 0.3) is 0 Å². The van der Waals surface area contributed by atoms with Crippen molar-refractivity contribution in [3.63, 3.8) is 0 Å². The molecule has 0 bridgehead atoms. The summed E-state index contributed by atoms with van der Waals surface area (Å²) < 4.78 is 36.3. The van der Waals surface area contributed by atoms with Crippen LogP contribution in [0.2, 0.25) is 0 Å². The van der Waals surface area contributed by atoms with Crippen LogP contribution in [0, 0.1) is 6.92 Å². The van der Waals surface area contributed by atoms with Crippen molar-refractivity contribution in [2.45, 2.75) is 23.3 Å². The van der Waals surface area contributed by atoms with Crippen LogP contribution in [0.15, 0.2) is 97.9 Å². The van der Waals surface area contributed by atoms with Gasteiger partial charge >= 0.3 is 5.63 Å². The highest BCUT2D eigenvalue weighted by atomic mass is 32.2. The first-order valence-electron chi connectivity index (χ1n) is 9.00. The number of ether oxygens (including phenoxy) is 1. The average Bonchev–Trinajstić information content (AvgIpc) is 2.72. The Balaban J connectivity index is 1.56. The number of aryl methyl sites for hydroxylation is 1. The van der Waals surface area contributed by atoms with Gasteiger partial charge in [-0.25, -0.2) is 13.2 Å². The van der Waals surface area contributed by atoms with Gasteiger partial charge in [0.1, 0.15) is 17.9 Å². The van der Waals surface area contributed by atoms with Crippen molar-refractivity contribution in [3.05, 3.63) is 100 Å². The van der Waals surface area contributed by atoms with E-state index in [9.17, 15) is 13.2 Å². The van der Waals surface area contributed by atoms with Crippen LogP contribution in [0.5, 0.6) is 5.75 Å². The molecule has 146 valence electrons. The molecule has 4 aromatic rings. The second kappa shape index (κ2) is 7.56. The molecule has 0 aliphatic rings. The van der Waals surface area contributed by atoms with Crippen LogP contribution in [-0.2, 0) is 16.4 Å². The predicted octanol–water partition coefficient (Wildman–Crippen LogP) is 4.51. The van der Waals surface area contributed by atoms with Gasteiger partial charge in [0.15, 0.2) is 0 Å². The quantitative estimate of drug-likeness (QED) is 0.456. The topological polar surface area (TPSA) is 73.6 Å². The third-order valence-electron chi connectivity index (χ3n) is 4.57. The van der Waals surface area contributed by atoms with Crippen molar-refractivity contribution in [1.82, 2.24) is 0 Å². The standard InChI is InChI=1S/C23H18O5S/c1-16-7-12-21-17(14-23(24)28-22(21)13-16)15-27-18-8-10-20(11-9-18)29(25,26)19-5-3-2-4-6-19/h2-14H,15H2,1H3. The molecule has 0 spiro atoms. The molecule has 0 N–H and O–H groups in total. The second-order valence-corrected chi connectivity index (χ2v) is 8.62. The molecule has 0 radical (unpaired) electrons. The Labute approximate surface area is 168 Å². The van der Waals surface area contributed by atoms with Gasteiger partial charge in [0.05, 0.1) is 9.79 Å². The predicted molar refractivity (Wildman–Crippen MR) is 110 cm³/mol. The molecule has 0 amide bonds. The summed E-state index contributed by atoms with van der Waals surface area (Å²) in [6.07, 6.45) is 0. The van der Waals surface area contributed by atoms with Crippen molar-refractivity contribution >= 4 is 20.8 Å². The lowest BCUT2D eigenvalue weighted by molar-refractivity contribution is 0.306. The molecule has 0 aliphatic heterocycles. The Kier molecular flexibility index (Phi) is 4.94. The fourth-order valence-electron chi connectivity index (χ4n) is 3.07. The molecule has 1 aromatic heterocycles. The summed E-state index contributed by atoms with van der Waals surface area (Å²) in [4.78, 5) is 12.3. The molecule has 6 heteroatoms. The number of sulfone groups is 1. The first kappa shape index (κ1) is 19.0. The highest BCUT2D eigenvalue weighted by molar-refractivity contribution is 7.91. The molecular weight excluding hydrogens is 388 g/mol. The van der Waals surface area contributed by atoms with E-state index in [1.165, 1.54) is 18.2 Å². The zero-order chi connectivity index (χ0) is 20.4. The Morgan fingerprint density at radius 3 is 2.28 bits per heavy atom. The monoisotopic (exact) mass is 406 g/mol. The fraction of sp³-hybridized carbons (Fsp3) is 0.0870. The van der Waals surface area contributed by atoms with Crippen LogP contribution in [0.3, 0.4) is 0 Å². The molecule has 0 aliphatic carbocycles. The van der Waals surface area contributed by atoms with Gasteiger partial charge in [-0.3, -0.25) is 0 Å². The van der Waals surface area contributed by atoms with Crippen LogP contribution < -0.4 is 10.4 Å². The van der Waals surface area contributed by atoms with Crippen molar-refractivity contribution in [2.24, 2.45) is 0 Å². The molecule has 0 atom stereocenters. The molecule has 4 rings (SSSR count). The van der Waals surface area contributed by atoms with Crippen LogP contribution in [0.1, 0.15) is 11.1 Å². The van der Waals surface area contributed by atoms with Gasteiger partial charge in [-0.05, 0) is 55.0 Å². The number of benzene rings is 3. The molecule has 0 saturated carbocycles.